The van der Waals surface area contributed by atoms with Crippen LogP contribution in [0.5, 0.6) is 0 Å². The number of anilines is 1. The summed E-state index contributed by atoms with van der Waals surface area (Å²) in [7, 11) is 0. The Morgan fingerprint density at radius 2 is 1.81 bits per heavy atom. The second kappa shape index (κ2) is 11.2. The van der Waals surface area contributed by atoms with Crippen molar-refractivity contribution in [1.29, 1.82) is 0 Å². The van der Waals surface area contributed by atoms with Crippen LogP contribution in [0, 0.1) is 0 Å². The summed E-state index contributed by atoms with van der Waals surface area (Å²) in [6.45, 7) is 3.81. The van der Waals surface area contributed by atoms with Crippen molar-refractivity contribution in [3.05, 3.63) is 53.6 Å². The molecule has 0 atom stereocenters. The van der Waals surface area contributed by atoms with E-state index in [1.54, 1.807) is 11.3 Å². The summed E-state index contributed by atoms with van der Waals surface area (Å²) in [4.78, 5) is 29.6. The molecule has 2 N–H and O–H groups in total. The van der Waals surface area contributed by atoms with E-state index in [0.717, 1.165) is 30.9 Å². The molecule has 2 aliphatic heterocycles. The van der Waals surface area contributed by atoms with Gasteiger partial charge in [0.2, 0.25) is 5.91 Å². The van der Waals surface area contributed by atoms with Gasteiger partial charge in [-0.2, -0.15) is 13.2 Å². The number of hydrogen-bond acceptors (Lipinski definition) is 5. The molecule has 36 heavy (non-hydrogen) atoms. The number of carbonyl (C=O) groups excluding carboxylic acids is 1. The Kier molecular flexibility index (Phi) is 8.05. The number of piperidine rings is 1. The molecule has 3 heterocycles. The van der Waals surface area contributed by atoms with Gasteiger partial charge in [0.05, 0.1) is 6.54 Å². The fraction of sp³-hybridized carbons (Fsp3) is 0.346. The third-order valence-corrected chi connectivity index (χ3v) is 7.23. The lowest BCUT2D eigenvalue weighted by Gasteiger charge is -2.26. The molecule has 0 unspecified atom stereocenters. The van der Waals surface area contributed by atoms with Gasteiger partial charge < -0.3 is 15.3 Å². The highest BCUT2D eigenvalue weighted by Gasteiger charge is 2.38. The third-order valence-electron chi connectivity index (χ3n) is 6.09. The third kappa shape index (κ3) is 6.50. The van der Waals surface area contributed by atoms with Crippen LogP contribution in [-0.2, 0) is 16.1 Å². The van der Waals surface area contributed by atoms with Gasteiger partial charge in [0.1, 0.15) is 0 Å². The maximum atomic E-state index is 12.6. The average Bonchev–Trinajstić information content (AvgIpc) is 3.50. The number of alkyl halides is 3. The minimum absolute atomic E-state index is 0.0905. The first kappa shape index (κ1) is 25.8. The number of aliphatic carboxylic acids is 1. The largest absolute Gasteiger partial charge is 0.490 e. The SMILES string of the molecule is O=C(CCN1CCCCC1)Nc1cc2c(c(-c3cc4ccccc4s3)c1)CN=C2.O=C(O)C(F)(F)F. The second-order valence-corrected chi connectivity index (χ2v) is 9.80. The van der Waals surface area contributed by atoms with Gasteiger partial charge >= 0.3 is 12.1 Å². The van der Waals surface area contributed by atoms with Gasteiger partial charge in [0.25, 0.3) is 0 Å². The second-order valence-electron chi connectivity index (χ2n) is 8.71. The Balaban J connectivity index is 0.000000384. The monoisotopic (exact) mass is 517 g/mol. The highest BCUT2D eigenvalue weighted by molar-refractivity contribution is 7.22. The van der Waals surface area contributed by atoms with Crippen molar-refractivity contribution < 1.29 is 27.9 Å². The van der Waals surface area contributed by atoms with E-state index in [1.165, 1.54) is 45.4 Å². The van der Waals surface area contributed by atoms with Crippen LogP contribution in [0.1, 0.15) is 36.8 Å². The summed E-state index contributed by atoms with van der Waals surface area (Å²) < 4.78 is 33.0. The minimum atomic E-state index is -5.08. The molecule has 1 saturated heterocycles. The lowest BCUT2D eigenvalue weighted by molar-refractivity contribution is -0.192. The number of nitrogens with zero attached hydrogens (tertiary/aromatic N) is 2. The van der Waals surface area contributed by atoms with Crippen molar-refractivity contribution in [3.8, 4) is 10.4 Å². The van der Waals surface area contributed by atoms with Crippen LogP contribution in [0.25, 0.3) is 20.5 Å². The van der Waals surface area contributed by atoms with Gasteiger partial charge in [-0.05, 0) is 66.7 Å². The number of thiophene rings is 1. The van der Waals surface area contributed by atoms with E-state index >= 15 is 0 Å². The van der Waals surface area contributed by atoms with Gasteiger partial charge in [-0.25, -0.2) is 4.79 Å². The van der Waals surface area contributed by atoms with E-state index in [9.17, 15) is 18.0 Å². The van der Waals surface area contributed by atoms with E-state index in [4.69, 9.17) is 9.90 Å². The van der Waals surface area contributed by atoms with Crippen LogP contribution >= 0.6 is 11.3 Å². The van der Waals surface area contributed by atoms with Crippen LogP contribution in [0.2, 0.25) is 0 Å². The van der Waals surface area contributed by atoms with Crippen LogP contribution in [0.3, 0.4) is 0 Å². The summed E-state index contributed by atoms with van der Waals surface area (Å²) in [5, 5.41) is 11.5. The van der Waals surface area contributed by atoms with Crippen molar-refractivity contribution in [2.45, 2.75) is 38.4 Å². The van der Waals surface area contributed by atoms with E-state index in [1.807, 2.05) is 6.21 Å². The number of carboxylic acids is 1. The zero-order valence-electron chi connectivity index (χ0n) is 19.5. The molecule has 2 aliphatic rings. The summed E-state index contributed by atoms with van der Waals surface area (Å²) in [6, 6.07) is 14.9. The standard InChI is InChI=1S/C24H25N3OS.C2HF3O2/c28-24(8-11-27-9-4-1-5-10-27)26-19-12-18-15-25-16-21(18)20(14-19)23-13-17-6-2-3-7-22(17)29-23;3-2(4,5)1(6)7/h2-3,6-7,12-15H,1,4-5,8-11,16H2,(H,26,28);(H,6,7). The fourth-order valence-electron chi connectivity index (χ4n) is 4.29. The highest BCUT2D eigenvalue weighted by atomic mass is 32.1. The smallest absolute Gasteiger partial charge is 0.475 e. The molecular formula is C26H26F3N3O3S. The van der Waals surface area contributed by atoms with Gasteiger partial charge in [-0.1, -0.05) is 24.6 Å². The molecule has 0 saturated carbocycles. The zero-order valence-corrected chi connectivity index (χ0v) is 20.3. The van der Waals surface area contributed by atoms with Crippen molar-refractivity contribution in [3.63, 3.8) is 0 Å². The lowest BCUT2D eigenvalue weighted by atomic mass is 10.00. The molecule has 2 aromatic carbocycles. The average molecular weight is 518 g/mol. The van der Waals surface area contributed by atoms with Gasteiger partial charge in [-0.15, -0.1) is 11.3 Å². The molecule has 0 radical (unpaired) electrons. The molecule has 3 aromatic rings. The first-order chi connectivity index (χ1) is 17.2. The van der Waals surface area contributed by atoms with Crippen molar-refractivity contribution >= 4 is 45.2 Å². The van der Waals surface area contributed by atoms with E-state index in [2.05, 4.69) is 57.7 Å². The quantitative estimate of drug-likeness (QED) is 0.438. The van der Waals surface area contributed by atoms with Crippen LogP contribution < -0.4 is 5.32 Å². The number of carbonyl (C=O) groups is 2. The normalized spacial score (nSPS) is 15.3. The Labute approximate surface area is 210 Å². The topological polar surface area (TPSA) is 82.0 Å². The number of carboxylic acid groups (broad SMARTS) is 1. The first-order valence-electron chi connectivity index (χ1n) is 11.7. The molecule has 1 aromatic heterocycles. The number of benzene rings is 2. The predicted octanol–water partition coefficient (Wildman–Crippen LogP) is 5.95. The number of amides is 1. The van der Waals surface area contributed by atoms with Gasteiger partial charge in [-0.3, -0.25) is 9.79 Å². The number of rotatable bonds is 5. The van der Waals surface area contributed by atoms with Gasteiger partial charge in [0, 0.05) is 40.0 Å². The van der Waals surface area contributed by atoms with Crippen LogP contribution in [0.4, 0.5) is 18.9 Å². The van der Waals surface area contributed by atoms with Crippen LogP contribution in [-0.4, -0.2) is 53.9 Å². The first-order valence-corrected chi connectivity index (χ1v) is 12.5. The summed E-state index contributed by atoms with van der Waals surface area (Å²) >= 11 is 1.80. The Morgan fingerprint density at radius 3 is 2.50 bits per heavy atom. The molecular weight excluding hydrogens is 491 g/mol. The Hall–Kier alpha value is -3.24. The Morgan fingerprint density at radius 1 is 1.08 bits per heavy atom. The summed E-state index contributed by atoms with van der Waals surface area (Å²) in [5.74, 6) is -2.67. The Bertz CT molecular complexity index is 1250. The molecule has 1 amide bonds. The number of nitrogens with one attached hydrogen (secondary N) is 1. The number of fused-ring (bicyclic) bond motifs is 2. The molecule has 10 heteroatoms. The number of halogens is 3. The molecule has 1 fully saturated rings. The van der Waals surface area contributed by atoms with Crippen molar-refractivity contribution in [2.75, 3.05) is 25.0 Å². The van der Waals surface area contributed by atoms with Gasteiger partial charge in [0.15, 0.2) is 0 Å². The highest BCUT2D eigenvalue weighted by Crippen LogP contribution is 2.39. The zero-order chi connectivity index (χ0) is 25.7. The number of aliphatic imine (C=N–C) groups is 1. The van der Waals surface area contributed by atoms with Crippen LogP contribution in [0.15, 0.2) is 47.5 Å². The molecule has 0 spiro atoms. The van der Waals surface area contributed by atoms with E-state index in [-0.39, 0.29) is 5.91 Å². The minimum Gasteiger partial charge on any atom is -0.475 e. The maximum absolute atomic E-state index is 12.6. The molecule has 6 nitrogen and oxygen atoms in total. The summed E-state index contributed by atoms with van der Waals surface area (Å²) in [6.07, 6.45) is 1.22. The van der Waals surface area contributed by atoms with E-state index < -0.39 is 12.1 Å². The molecule has 0 bridgehead atoms. The van der Waals surface area contributed by atoms with Crippen molar-refractivity contribution in [1.82, 2.24) is 4.90 Å². The molecule has 190 valence electrons. The number of likely N-dealkylation sites (tertiary alicyclic amines) is 1. The molecule has 5 rings (SSSR count). The number of hydrogen-bond donors (Lipinski definition) is 2. The van der Waals surface area contributed by atoms with Crippen molar-refractivity contribution in [2.24, 2.45) is 4.99 Å². The maximum Gasteiger partial charge on any atom is 0.490 e. The predicted molar refractivity (Wildman–Crippen MR) is 136 cm³/mol. The van der Waals surface area contributed by atoms with E-state index in [0.29, 0.717) is 13.0 Å². The fourth-order valence-corrected chi connectivity index (χ4v) is 5.40. The summed E-state index contributed by atoms with van der Waals surface area (Å²) in [5.41, 5.74) is 4.43. The lowest BCUT2D eigenvalue weighted by Crippen LogP contribution is -2.32. The molecule has 0 aliphatic carbocycles.